The van der Waals surface area contributed by atoms with Gasteiger partial charge in [0, 0.05) is 5.56 Å². The number of carbonyl (C=O) groups is 1. The first kappa shape index (κ1) is 22.3. The first-order valence-electron chi connectivity index (χ1n) is 11.1. The Morgan fingerprint density at radius 3 is 2.88 bits per heavy atom. The highest BCUT2D eigenvalue weighted by atomic mass is 16.6. The highest BCUT2D eigenvalue weighted by Gasteiger charge is 2.28. The number of carbonyl (C=O) groups excluding carboxylic acids is 1. The maximum atomic E-state index is 12.8. The average molecular weight is 450 g/mol. The molecule has 0 saturated carbocycles. The van der Waals surface area contributed by atoms with E-state index in [1.54, 1.807) is 48.7 Å². The number of nitrogens with one attached hydrogen (secondary N) is 2. The van der Waals surface area contributed by atoms with Gasteiger partial charge in [-0.25, -0.2) is 5.10 Å². The lowest BCUT2D eigenvalue weighted by Gasteiger charge is -2.26. The van der Waals surface area contributed by atoms with Crippen molar-refractivity contribution in [1.82, 2.24) is 20.6 Å². The van der Waals surface area contributed by atoms with Gasteiger partial charge in [0.1, 0.15) is 12.4 Å². The summed E-state index contributed by atoms with van der Waals surface area (Å²) >= 11 is 0. The molecular weight excluding hydrogens is 422 g/mol. The number of unbranched alkanes of at least 4 members (excludes halogenated alkanes) is 4. The number of aromatic amines is 1. The van der Waals surface area contributed by atoms with Crippen molar-refractivity contribution in [1.29, 1.82) is 0 Å². The van der Waals surface area contributed by atoms with Crippen molar-refractivity contribution in [2.75, 3.05) is 11.9 Å². The largest absolute Gasteiger partial charge is 0.485 e. The fourth-order valence-corrected chi connectivity index (χ4v) is 3.39. The van der Waals surface area contributed by atoms with Gasteiger partial charge in [0.25, 0.3) is 5.91 Å². The molecule has 0 bridgehead atoms. The van der Waals surface area contributed by atoms with Crippen LogP contribution in [0.15, 0.2) is 54.8 Å². The molecule has 1 atom stereocenters. The van der Waals surface area contributed by atoms with E-state index >= 15 is 0 Å². The van der Waals surface area contributed by atoms with Gasteiger partial charge in [-0.15, -0.1) is 5.10 Å². The van der Waals surface area contributed by atoms with Crippen LogP contribution in [0.4, 0.5) is 5.69 Å². The molecule has 0 radical (unpaired) electrons. The van der Waals surface area contributed by atoms with Gasteiger partial charge in [-0.2, -0.15) is 0 Å². The third-order valence-corrected chi connectivity index (χ3v) is 5.19. The fraction of sp³-hybridized carbons (Fsp3) is 0.333. The summed E-state index contributed by atoms with van der Waals surface area (Å²) in [5.41, 5.74) is 0.997. The van der Waals surface area contributed by atoms with Crippen LogP contribution in [0.2, 0.25) is 0 Å². The van der Waals surface area contributed by atoms with Crippen LogP contribution in [0.1, 0.15) is 61.3 Å². The maximum Gasteiger partial charge on any atom is 0.255 e. The minimum absolute atomic E-state index is 0.260. The van der Waals surface area contributed by atoms with Crippen molar-refractivity contribution in [3.63, 3.8) is 0 Å². The number of tetrazole rings is 1. The summed E-state index contributed by atoms with van der Waals surface area (Å²) in [5, 5.41) is 16.6. The minimum atomic E-state index is -0.498. The predicted octanol–water partition coefficient (Wildman–Crippen LogP) is 4.83. The van der Waals surface area contributed by atoms with Gasteiger partial charge >= 0.3 is 0 Å². The molecule has 0 fully saturated rings. The number of hydrogen-bond donors (Lipinski definition) is 2. The van der Waals surface area contributed by atoms with E-state index in [-0.39, 0.29) is 12.5 Å². The molecule has 1 aromatic heterocycles. The number of anilines is 1. The van der Waals surface area contributed by atoms with Crippen LogP contribution < -0.4 is 19.5 Å². The van der Waals surface area contributed by atoms with Crippen LogP contribution in [0.3, 0.4) is 0 Å². The summed E-state index contributed by atoms with van der Waals surface area (Å²) < 4.78 is 17.4. The van der Waals surface area contributed by atoms with Gasteiger partial charge in [-0.3, -0.25) is 4.79 Å². The normalized spacial score (nSPS) is 14.9. The fourth-order valence-electron chi connectivity index (χ4n) is 3.39. The van der Waals surface area contributed by atoms with Crippen molar-refractivity contribution in [2.45, 2.75) is 45.1 Å². The summed E-state index contributed by atoms with van der Waals surface area (Å²) in [7, 11) is 0. The van der Waals surface area contributed by atoms with Crippen molar-refractivity contribution in [3.8, 4) is 17.2 Å². The molecule has 9 heteroatoms. The standard InChI is InChI=1S/C24H27N5O4/c1-2-3-4-5-6-7-15-31-18-13-11-17(12-14-18)24(30)25-19-9-8-10-20-22(19)33-21(16-32-20)23-26-28-29-27-23/h7-15,21H,2-6,16H2,1H3,(H,25,30)(H,26,27,28,29)/b15-7+. The van der Waals surface area contributed by atoms with Gasteiger partial charge in [0.05, 0.1) is 11.9 Å². The molecule has 0 aliphatic carbocycles. The van der Waals surface area contributed by atoms with Crippen LogP contribution in [0, 0.1) is 0 Å². The first-order chi connectivity index (χ1) is 16.2. The van der Waals surface area contributed by atoms with E-state index in [1.807, 2.05) is 6.08 Å². The van der Waals surface area contributed by atoms with Crippen LogP contribution in [-0.2, 0) is 0 Å². The zero-order chi connectivity index (χ0) is 22.9. The Kier molecular flexibility index (Phi) is 7.52. The molecule has 1 amide bonds. The number of allylic oxidation sites excluding steroid dienone is 1. The molecule has 1 aliphatic heterocycles. The number of amides is 1. The Morgan fingerprint density at radius 1 is 1.21 bits per heavy atom. The van der Waals surface area contributed by atoms with Gasteiger partial charge < -0.3 is 19.5 Å². The van der Waals surface area contributed by atoms with Crippen molar-refractivity contribution < 1.29 is 19.0 Å². The minimum Gasteiger partial charge on any atom is -0.485 e. The average Bonchev–Trinajstić information content (AvgIpc) is 3.39. The second-order valence-electron chi connectivity index (χ2n) is 7.65. The molecule has 1 aliphatic rings. The molecule has 33 heavy (non-hydrogen) atoms. The Morgan fingerprint density at radius 2 is 2.09 bits per heavy atom. The van der Waals surface area contributed by atoms with Crippen molar-refractivity contribution in [3.05, 3.63) is 66.2 Å². The van der Waals surface area contributed by atoms with E-state index in [4.69, 9.17) is 14.2 Å². The second-order valence-corrected chi connectivity index (χ2v) is 7.65. The Hall–Kier alpha value is -3.88. The molecule has 0 saturated heterocycles. The van der Waals surface area contributed by atoms with Gasteiger partial charge in [-0.1, -0.05) is 32.3 Å². The van der Waals surface area contributed by atoms with Crippen LogP contribution >= 0.6 is 0 Å². The molecule has 0 spiro atoms. The lowest BCUT2D eigenvalue weighted by atomic mass is 10.1. The predicted molar refractivity (Wildman–Crippen MR) is 122 cm³/mol. The molecule has 4 rings (SSSR count). The molecular formula is C24H27N5O4. The van der Waals surface area contributed by atoms with E-state index in [0.29, 0.717) is 34.3 Å². The highest BCUT2D eigenvalue weighted by molar-refractivity contribution is 6.05. The molecule has 2 N–H and O–H groups in total. The monoisotopic (exact) mass is 449 g/mol. The van der Waals surface area contributed by atoms with E-state index in [1.165, 1.54) is 25.7 Å². The molecule has 3 aromatic rings. The molecule has 9 nitrogen and oxygen atoms in total. The van der Waals surface area contributed by atoms with Crippen molar-refractivity contribution in [2.24, 2.45) is 0 Å². The Bertz CT molecular complexity index is 1070. The van der Waals surface area contributed by atoms with Gasteiger partial charge in [-0.05, 0) is 65.7 Å². The SMILES string of the molecule is CCCCCC/C=C/Oc1ccc(C(=O)Nc2cccc3c2OC(c2nnn[nH]2)CO3)cc1. The third-order valence-electron chi connectivity index (χ3n) is 5.19. The smallest absolute Gasteiger partial charge is 0.255 e. The lowest BCUT2D eigenvalue weighted by Crippen LogP contribution is -2.24. The number of aromatic nitrogens is 4. The second kappa shape index (κ2) is 11.1. The quantitative estimate of drug-likeness (QED) is 0.337. The zero-order valence-corrected chi connectivity index (χ0v) is 18.5. The zero-order valence-electron chi connectivity index (χ0n) is 18.5. The van der Waals surface area contributed by atoms with Gasteiger partial charge in [0.2, 0.25) is 0 Å². The number of hydrogen-bond acceptors (Lipinski definition) is 7. The number of fused-ring (bicyclic) bond motifs is 1. The number of benzene rings is 2. The summed E-state index contributed by atoms with van der Waals surface area (Å²) in [6.45, 7) is 2.46. The van der Waals surface area contributed by atoms with E-state index < -0.39 is 6.10 Å². The molecule has 172 valence electrons. The third kappa shape index (κ3) is 5.88. The Balaban J connectivity index is 1.35. The van der Waals surface area contributed by atoms with Crippen LogP contribution in [-0.4, -0.2) is 33.1 Å². The highest BCUT2D eigenvalue weighted by Crippen LogP contribution is 2.41. The number of nitrogens with zero attached hydrogens (tertiary/aromatic N) is 3. The summed E-state index contributed by atoms with van der Waals surface area (Å²) in [4.78, 5) is 12.8. The number of rotatable bonds is 10. The molecule has 1 unspecified atom stereocenters. The number of para-hydroxylation sites is 1. The number of H-pyrrole nitrogens is 1. The molecule has 2 aromatic carbocycles. The number of ether oxygens (including phenoxy) is 3. The Labute approximate surface area is 192 Å². The van der Waals surface area contributed by atoms with E-state index in [9.17, 15) is 4.79 Å². The summed E-state index contributed by atoms with van der Waals surface area (Å²) in [5.74, 6) is 1.83. The van der Waals surface area contributed by atoms with Crippen molar-refractivity contribution >= 4 is 11.6 Å². The summed E-state index contributed by atoms with van der Waals surface area (Å²) in [6.07, 6.45) is 9.14. The van der Waals surface area contributed by atoms with Crippen LogP contribution in [0.25, 0.3) is 0 Å². The lowest BCUT2D eigenvalue weighted by molar-refractivity contribution is 0.0856. The van der Waals surface area contributed by atoms with Crippen LogP contribution in [0.5, 0.6) is 17.2 Å². The summed E-state index contributed by atoms with van der Waals surface area (Å²) in [6, 6.07) is 12.3. The van der Waals surface area contributed by atoms with E-state index in [2.05, 4.69) is 32.9 Å². The maximum absolute atomic E-state index is 12.8. The topological polar surface area (TPSA) is 111 Å². The van der Waals surface area contributed by atoms with Gasteiger partial charge in [0.15, 0.2) is 23.4 Å². The molecule has 2 heterocycles. The van der Waals surface area contributed by atoms with E-state index in [0.717, 1.165) is 6.42 Å². The first-order valence-corrected chi connectivity index (χ1v) is 11.1.